The van der Waals surface area contributed by atoms with Gasteiger partial charge in [-0.05, 0) is 23.1 Å². The highest BCUT2D eigenvalue weighted by Crippen LogP contribution is 2.21. The number of amides is 1. The fourth-order valence-corrected chi connectivity index (χ4v) is 1.20. The van der Waals surface area contributed by atoms with Crippen LogP contribution >= 0.6 is 0 Å². The molecular formula is C11H15N3O2. The summed E-state index contributed by atoms with van der Waals surface area (Å²) in [5, 5.41) is 8.48. The molecule has 0 aromatic carbocycles. The summed E-state index contributed by atoms with van der Waals surface area (Å²) in [4.78, 5) is 17.6. The zero-order valence-electron chi connectivity index (χ0n) is 9.56. The van der Waals surface area contributed by atoms with Gasteiger partial charge in [0, 0.05) is 6.20 Å². The van der Waals surface area contributed by atoms with Crippen molar-refractivity contribution in [2.75, 3.05) is 0 Å². The van der Waals surface area contributed by atoms with Crippen molar-refractivity contribution in [1.82, 2.24) is 4.98 Å². The molecule has 0 aliphatic heterocycles. The molecule has 1 rings (SSSR count). The van der Waals surface area contributed by atoms with E-state index < -0.39 is 6.09 Å². The summed E-state index contributed by atoms with van der Waals surface area (Å²) in [5.41, 5.74) is 6.89. The van der Waals surface area contributed by atoms with Gasteiger partial charge in [-0.15, -0.1) is 0 Å². The van der Waals surface area contributed by atoms with E-state index in [1.54, 1.807) is 12.3 Å². The highest BCUT2D eigenvalue weighted by Gasteiger charge is 2.15. The summed E-state index contributed by atoms with van der Waals surface area (Å²) < 4.78 is 0. The lowest BCUT2D eigenvalue weighted by Crippen LogP contribution is -2.19. The first-order chi connectivity index (χ1) is 7.30. The summed E-state index contributed by atoms with van der Waals surface area (Å²) >= 11 is 0. The number of aromatic nitrogens is 1. The molecule has 0 aliphatic rings. The highest BCUT2D eigenvalue weighted by molar-refractivity contribution is 6.01. The number of carboxylic acid groups (broad SMARTS) is 1. The van der Waals surface area contributed by atoms with Crippen molar-refractivity contribution in [2.45, 2.75) is 26.2 Å². The molecule has 1 heterocycles. The van der Waals surface area contributed by atoms with Crippen LogP contribution in [0.5, 0.6) is 0 Å². The number of amidine groups is 1. The Hall–Kier alpha value is -1.91. The molecule has 0 spiro atoms. The van der Waals surface area contributed by atoms with Crippen LogP contribution in [0.15, 0.2) is 23.3 Å². The monoisotopic (exact) mass is 221 g/mol. The summed E-state index contributed by atoms with van der Waals surface area (Å²) in [6.07, 6.45) is 0.278. The molecule has 3 N–H and O–H groups in total. The van der Waals surface area contributed by atoms with Gasteiger partial charge in [0.05, 0.1) is 0 Å². The van der Waals surface area contributed by atoms with Crippen LogP contribution in [0.4, 0.5) is 4.79 Å². The first kappa shape index (κ1) is 12.2. The maximum Gasteiger partial charge on any atom is 0.433 e. The van der Waals surface area contributed by atoms with E-state index in [9.17, 15) is 4.79 Å². The van der Waals surface area contributed by atoms with E-state index >= 15 is 0 Å². The van der Waals surface area contributed by atoms with Gasteiger partial charge < -0.3 is 10.8 Å². The zero-order chi connectivity index (χ0) is 12.3. The quantitative estimate of drug-likeness (QED) is 0.558. The smallest absolute Gasteiger partial charge is 0.433 e. The van der Waals surface area contributed by atoms with Crippen LogP contribution in [-0.2, 0) is 5.41 Å². The summed E-state index contributed by atoms with van der Waals surface area (Å²) in [5.74, 6) is -0.0846. The standard InChI is InChI=1S/C11H15N3O2/c1-11(2,3)7-4-5-13-8(6-7)9(12)14-10(15)16/h4-6H,1-3H3,(H2,12,14)(H,15,16). The van der Waals surface area contributed by atoms with E-state index in [1.165, 1.54) is 0 Å². The molecule has 5 nitrogen and oxygen atoms in total. The van der Waals surface area contributed by atoms with E-state index in [2.05, 4.69) is 30.7 Å². The van der Waals surface area contributed by atoms with Gasteiger partial charge in [-0.25, -0.2) is 4.79 Å². The second-order valence-electron chi connectivity index (χ2n) is 4.46. The second kappa shape index (κ2) is 4.30. The Morgan fingerprint density at radius 3 is 2.62 bits per heavy atom. The SMILES string of the molecule is CC(C)(C)c1ccnc(C(N)=NC(=O)O)c1. The lowest BCUT2D eigenvalue weighted by atomic mass is 9.87. The zero-order valence-corrected chi connectivity index (χ0v) is 9.56. The molecular weight excluding hydrogens is 206 g/mol. The van der Waals surface area contributed by atoms with Crippen LogP contribution in [0.25, 0.3) is 0 Å². The topological polar surface area (TPSA) is 88.6 Å². The van der Waals surface area contributed by atoms with Gasteiger partial charge >= 0.3 is 6.09 Å². The van der Waals surface area contributed by atoms with Crippen molar-refractivity contribution in [3.63, 3.8) is 0 Å². The molecule has 0 saturated carbocycles. The summed E-state index contributed by atoms with van der Waals surface area (Å²) in [7, 11) is 0. The molecule has 0 radical (unpaired) electrons. The van der Waals surface area contributed by atoms with E-state index in [0.717, 1.165) is 5.56 Å². The number of rotatable bonds is 1. The molecule has 0 saturated heterocycles. The summed E-state index contributed by atoms with van der Waals surface area (Å²) in [6.45, 7) is 6.16. The van der Waals surface area contributed by atoms with Gasteiger partial charge in [0.15, 0.2) is 5.84 Å². The normalized spacial score (nSPS) is 12.6. The van der Waals surface area contributed by atoms with Gasteiger partial charge in [0.1, 0.15) is 5.69 Å². The number of pyridine rings is 1. The lowest BCUT2D eigenvalue weighted by molar-refractivity contribution is 0.205. The maximum absolute atomic E-state index is 10.4. The third-order valence-electron chi connectivity index (χ3n) is 2.10. The number of nitrogens with zero attached hydrogens (tertiary/aromatic N) is 2. The largest absolute Gasteiger partial charge is 0.463 e. The van der Waals surface area contributed by atoms with Crippen LogP contribution < -0.4 is 5.73 Å². The van der Waals surface area contributed by atoms with Crippen molar-refractivity contribution in [2.24, 2.45) is 10.7 Å². The Balaban J connectivity index is 3.13. The molecule has 5 heteroatoms. The average molecular weight is 221 g/mol. The second-order valence-corrected chi connectivity index (χ2v) is 4.46. The van der Waals surface area contributed by atoms with E-state index in [4.69, 9.17) is 10.8 Å². The maximum atomic E-state index is 10.4. The molecule has 1 aromatic rings. The average Bonchev–Trinajstić information content (AvgIpc) is 2.15. The molecule has 86 valence electrons. The first-order valence-electron chi connectivity index (χ1n) is 4.84. The van der Waals surface area contributed by atoms with Gasteiger partial charge in [0.25, 0.3) is 0 Å². The van der Waals surface area contributed by atoms with Gasteiger partial charge in [-0.2, -0.15) is 4.99 Å². The van der Waals surface area contributed by atoms with Crippen LogP contribution in [0.1, 0.15) is 32.0 Å². The van der Waals surface area contributed by atoms with E-state index in [1.807, 2.05) is 6.07 Å². The highest BCUT2D eigenvalue weighted by atomic mass is 16.4. The van der Waals surface area contributed by atoms with E-state index in [0.29, 0.717) is 5.69 Å². The Bertz CT molecular complexity index is 433. The van der Waals surface area contributed by atoms with Gasteiger partial charge in [0.2, 0.25) is 0 Å². The molecule has 0 aliphatic carbocycles. The van der Waals surface area contributed by atoms with Crippen LogP contribution in [0, 0.1) is 0 Å². The molecule has 0 atom stereocenters. The number of aliphatic imine (C=N–C) groups is 1. The molecule has 16 heavy (non-hydrogen) atoms. The van der Waals surface area contributed by atoms with Crippen LogP contribution in [0.3, 0.4) is 0 Å². The Morgan fingerprint density at radius 2 is 2.12 bits per heavy atom. The fourth-order valence-electron chi connectivity index (χ4n) is 1.20. The van der Waals surface area contributed by atoms with Crippen molar-refractivity contribution >= 4 is 11.9 Å². The lowest BCUT2D eigenvalue weighted by Gasteiger charge is -2.19. The Kier molecular flexibility index (Phi) is 3.27. The minimum atomic E-state index is -1.32. The first-order valence-corrected chi connectivity index (χ1v) is 4.84. The fraction of sp³-hybridized carbons (Fsp3) is 0.364. The van der Waals surface area contributed by atoms with E-state index in [-0.39, 0.29) is 11.3 Å². The minimum Gasteiger partial charge on any atom is -0.463 e. The van der Waals surface area contributed by atoms with Crippen LogP contribution in [-0.4, -0.2) is 22.0 Å². The van der Waals surface area contributed by atoms with Crippen molar-refractivity contribution in [3.05, 3.63) is 29.6 Å². The third-order valence-corrected chi connectivity index (χ3v) is 2.10. The molecule has 1 aromatic heterocycles. The Morgan fingerprint density at radius 1 is 1.50 bits per heavy atom. The molecule has 0 bridgehead atoms. The Labute approximate surface area is 94.0 Å². The summed E-state index contributed by atoms with van der Waals surface area (Å²) in [6, 6.07) is 3.62. The molecule has 0 fully saturated rings. The number of hydrogen-bond acceptors (Lipinski definition) is 2. The third kappa shape index (κ3) is 3.05. The van der Waals surface area contributed by atoms with Crippen molar-refractivity contribution in [3.8, 4) is 0 Å². The van der Waals surface area contributed by atoms with Crippen LogP contribution in [0.2, 0.25) is 0 Å². The predicted molar refractivity (Wildman–Crippen MR) is 61.7 cm³/mol. The molecule has 0 unspecified atom stereocenters. The number of hydrogen-bond donors (Lipinski definition) is 2. The van der Waals surface area contributed by atoms with Crippen molar-refractivity contribution in [1.29, 1.82) is 0 Å². The minimum absolute atomic E-state index is 0.0405. The predicted octanol–water partition coefficient (Wildman–Crippen LogP) is 1.76. The van der Waals surface area contributed by atoms with Crippen molar-refractivity contribution < 1.29 is 9.90 Å². The van der Waals surface area contributed by atoms with Gasteiger partial charge in [-0.3, -0.25) is 4.98 Å². The number of carbonyl (C=O) groups is 1. The number of nitrogens with two attached hydrogens (primary N) is 1. The van der Waals surface area contributed by atoms with Gasteiger partial charge in [-0.1, -0.05) is 20.8 Å². The molecule has 1 amide bonds.